The highest BCUT2D eigenvalue weighted by molar-refractivity contribution is 6.26. The fourth-order valence-corrected chi connectivity index (χ4v) is 1.39. The van der Waals surface area contributed by atoms with Crippen LogP contribution in [0, 0.1) is 5.41 Å². The van der Waals surface area contributed by atoms with Crippen LogP contribution >= 0.6 is 24.0 Å². The highest BCUT2D eigenvalue weighted by atomic mass is 35.5. The standard InChI is InChI=1S/C6H6ClF3O2.ClH/c1-4(3(11)12)2-5(8,9)6(4,7)10;/h2H2,1H3,(H,11,12);1H. The Morgan fingerprint density at radius 1 is 1.46 bits per heavy atom. The van der Waals surface area contributed by atoms with E-state index in [0.29, 0.717) is 0 Å². The lowest BCUT2D eigenvalue weighted by molar-refractivity contribution is -0.252. The highest BCUT2D eigenvalue weighted by Crippen LogP contribution is 2.64. The van der Waals surface area contributed by atoms with Crippen LogP contribution in [0.15, 0.2) is 0 Å². The van der Waals surface area contributed by atoms with E-state index in [1.807, 2.05) is 0 Å². The molecule has 0 aromatic heterocycles. The van der Waals surface area contributed by atoms with Crippen molar-refractivity contribution in [1.82, 2.24) is 0 Å². The molecular formula is C6H7Cl2F3O2. The number of hydrogen-bond donors (Lipinski definition) is 1. The SMILES string of the molecule is CC1(C(=O)O)CC(F)(F)C1(F)Cl.Cl. The number of hydrogen-bond acceptors (Lipinski definition) is 1. The molecule has 2 unspecified atom stereocenters. The Kier molecular flexibility index (Phi) is 2.88. The number of carboxylic acids is 1. The molecule has 0 aliphatic heterocycles. The molecule has 0 aromatic carbocycles. The molecular weight excluding hydrogens is 232 g/mol. The minimum absolute atomic E-state index is 0. The average Bonchev–Trinajstić information content (AvgIpc) is 1.85. The first-order valence-corrected chi connectivity index (χ1v) is 3.52. The smallest absolute Gasteiger partial charge is 0.314 e. The van der Waals surface area contributed by atoms with Crippen molar-refractivity contribution in [1.29, 1.82) is 0 Å². The van der Waals surface area contributed by atoms with Crippen LogP contribution in [0.2, 0.25) is 0 Å². The maximum Gasteiger partial charge on any atom is 0.314 e. The van der Waals surface area contributed by atoms with E-state index in [-0.39, 0.29) is 12.4 Å². The zero-order valence-electron chi connectivity index (χ0n) is 6.48. The summed E-state index contributed by atoms with van der Waals surface area (Å²) < 4.78 is 37.7. The Morgan fingerprint density at radius 2 is 1.85 bits per heavy atom. The molecule has 78 valence electrons. The monoisotopic (exact) mass is 238 g/mol. The van der Waals surface area contributed by atoms with Gasteiger partial charge in [0.1, 0.15) is 5.41 Å². The molecule has 1 aliphatic carbocycles. The molecule has 0 heterocycles. The van der Waals surface area contributed by atoms with Crippen LogP contribution in [0.3, 0.4) is 0 Å². The molecule has 0 saturated heterocycles. The number of rotatable bonds is 1. The van der Waals surface area contributed by atoms with E-state index in [1.165, 1.54) is 0 Å². The summed E-state index contributed by atoms with van der Waals surface area (Å²) in [7, 11) is 0. The van der Waals surface area contributed by atoms with Crippen molar-refractivity contribution in [3.8, 4) is 0 Å². The lowest BCUT2D eigenvalue weighted by atomic mass is 9.65. The van der Waals surface area contributed by atoms with Gasteiger partial charge in [-0.15, -0.1) is 12.4 Å². The summed E-state index contributed by atoms with van der Waals surface area (Å²) in [6.45, 7) is 0.861. The first-order valence-electron chi connectivity index (χ1n) is 3.14. The van der Waals surface area contributed by atoms with Gasteiger partial charge in [0.15, 0.2) is 0 Å². The molecule has 1 rings (SSSR count). The molecule has 1 saturated carbocycles. The lowest BCUT2D eigenvalue weighted by Crippen LogP contribution is -2.67. The third kappa shape index (κ3) is 1.29. The van der Waals surface area contributed by atoms with Gasteiger partial charge in [-0.05, 0) is 6.92 Å². The van der Waals surface area contributed by atoms with Crippen molar-refractivity contribution < 1.29 is 23.1 Å². The molecule has 0 radical (unpaired) electrons. The van der Waals surface area contributed by atoms with Crippen molar-refractivity contribution in [2.24, 2.45) is 5.41 Å². The van der Waals surface area contributed by atoms with Crippen LogP contribution in [0.5, 0.6) is 0 Å². The number of alkyl halides is 4. The zero-order valence-corrected chi connectivity index (χ0v) is 8.06. The summed E-state index contributed by atoms with van der Waals surface area (Å²) in [4.78, 5) is 10.3. The fraction of sp³-hybridized carbons (Fsp3) is 0.833. The van der Waals surface area contributed by atoms with Crippen LogP contribution in [0.25, 0.3) is 0 Å². The quantitative estimate of drug-likeness (QED) is 0.713. The van der Waals surface area contributed by atoms with Crippen molar-refractivity contribution in [3.05, 3.63) is 0 Å². The van der Waals surface area contributed by atoms with E-state index in [9.17, 15) is 18.0 Å². The van der Waals surface area contributed by atoms with Gasteiger partial charge in [-0.25, -0.2) is 13.2 Å². The number of carbonyl (C=O) groups is 1. The Hall–Kier alpha value is -0.160. The molecule has 13 heavy (non-hydrogen) atoms. The maximum atomic E-state index is 12.9. The van der Waals surface area contributed by atoms with Gasteiger partial charge in [0.05, 0.1) is 0 Å². The van der Waals surface area contributed by atoms with Gasteiger partial charge in [0, 0.05) is 6.42 Å². The Labute approximate surface area is 83.5 Å². The van der Waals surface area contributed by atoms with Gasteiger partial charge in [-0.1, -0.05) is 11.6 Å². The first-order chi connectivity index (χ1) is 5.15. The third-order valence-electron chi connectivity index (χ3n) is 2.20. The van der Waals surface area contributed by atoms with Crippen molar-refractivity contribution in [2.75, 3.05) is 0 Å². The molecule has 2 nitrogen and oxygen atoms in total. The Balaban J connectivity index is 0.00000144. The van der Waals surface area contributed by atoms with Crippen LogP contribution in [0.4, 0.5) is 13.2 Å². The van der Waals surface area contributed by atoms with Crippen molar-refractivity contribution >= 4 is 30.0 Å². The number of halogens is 5. The number of aliphatic carboxylic acids is 1. The fourth-order valence-electron chi connectivity index (χ4n) is 1.17. The highest BCUT2D eigenvalue weighted by Gasteiger charge is 2.79. The minimum Gasteiger partial charge on any atom is -0.481 e. The summed E-state index contributed by atoms with van der Waals surface area (Å²) in [5.41, 5.74) is -2.18. The minimum atomic E-state index is -3.75. The van der Waals surface area contributed by atoms with Crippen LogP contribution < -0.4 is 0 Å². The van der Waals surface area contributed by atoms with E-state index in [2.05, 4.69) is 0 Å². The molecule has 7 heteroatoms. The van der Waals surface area contributed by atoms with E-state index in [1.54, 1.807) is 0 Å². The number of carboxylic acid groups (broad SMARTS) is 1. The molecule has 1 N–H and O–H groups in total. The second-order valence-electron chi connectivity index (χ2n) is 3.09. The lowest BCUT2D eigenvalue weighted by Gasteiger charge is -2.50. The largest absolute Gasteiger partial charge is 0.481 e. The van der Waals surface area contributed by atoms with Crippen molar-refractivity contribution in [3.63, 3.8) is 0 Å². The molecule has 2 atom stereocenters. The van der Waals surface area contributed by atoms with E-state index in [4.69, 9.17) is 16.7 Å². The van der Waals surface area contributed by atoms with Gasteiger partial charge >= 0.3 is 5.97 Å². The van der Waals surface area contributed by atoms with E-state index in [0.717, 1.165) is 6.92 Å². The van der Waals surface area contributed by atoms with Gasteiger partial charge < -0.3 is 5.11 Å². The van der Waals surface area contributed by atoms with Crippen molar-refractivity contribution in [2.45, 2.75) is 24.4 Å². The summed E-state index contributed by atoms with van der Waals surface area (Å²) in [5, 5.41) is 4.94. The second kappa shape index (κ2) is 2.92. The Morgan fingerprint density at radius 3 is 1.92 bits per heavy atom. The molecule has 1 aliphatic rings. The Bertz CT molecular complexity index is 244. The average molecular weight is 239 g/mol. The topological polar surface area (TPSA) is 37.3 Å². The molecule has 0 aromatic rings. The summed E-state index contributed by atoms with van der Waals surface area (Å²) >= 11 is 4.80. The zero-order chi connectivity index (χ0) is 9.78. The maximum absolute atomic E-state index is 12.9. The molecule has 0 bridgehead atoms. The van der Waals surface area contributed by atoms with Gasteiger partial charge in [0.2, 0.25) is 0 Å². The van der Waals surface area contributed by atoms with Crippen LogP contribution in [-0.4, -0.2) is 22.1 Å². The summed E-state index contributed by atoms with van der Waals surface area (Å²) in [6, 6.07) is 0. The normalized spacial score (nSPS) is 41.6. The van der Waals surface area contributed by atoms with Gasteiger partial charge in [-0.3, -0.25) is 4.79 Å². The molecule has 0 spiro atoms. The van der Waals surface area contributed by atoms with E-state index >= 15 is 0 Å². The third-order valence-corrected chi connectivity index (χ3v) is 2.89. The second-order valence-corrected chi connectivity index (χ2v) is 3.61. The van der Waals surface area contributed by atoms with Crippen LogP contribution in [0.1, 0.15) is 13.3 Å². The predicted octanol–water partition coefficient (Wildman–Crippen LogP) is 2.44. The molecule has 0 amide bonds. The predicted molar refractivity (Wildman–Crippen MR) is 42.2 cm³/mol. The molecule has 1 fully saturated rings. The van der Waals surface area contributed by atoms with Crippen LogP contribution in [-0.2, 0) is 4.79 Å². The van der Waals surface area contributed by atoms with Gasteiger partial charge in [0.25, 0.3) is 11.1 Å². The van der Waals surface area contributed by atoms with Gasteiger partial charge in [-0.2, -0.15) is 0 Å². The first kappa shape index (κ1) is 12.8. The van der Waals surface area contributed by atoms with E-state index < -0.39 is 28.9 Å². The summed E-state index contributed by atoms with van der Waals surface area (Å²) in [6.07, 6.45) is -1.06. The summed E-state index contributed by atoms with van der Waals surface area (Å²) in [5.74, 6) is -5.40.